The minimum atomic E-state index is -0.454. The second kappa shape index (κ2) is 12.1. The number of aromatic nitrogens is 2. The van der Waals surface area contributed by atoms with Crippen LogP contribution in [0.25, 0.3) is 22.7 Å². The van der Waals surface area contributed by atoms with Crippen LogP contribution in [0, 0.1) is 10.1 Å². The van der Waals surface area contributed by atoms with Gasteiger partial charge in [-0.25, -0.2) is 4.98 Å². The molecule has 0 saturated carbocycles. The van der Waals surface area contributed by atoms with Crippen LogP contribution < -0.4 is 10.3 Å². The van der Waals surface area contributed by atoms with Gasteiger partial charge in [-0.3, -0.25) is 29.2 Å². The molecule has 10 nitrogen and oxygen atoms in total. The predicted molar refractivity (Wildman–Crippen MR) is 157 cm³/mol. The largest absolute Gasteiger partial charge is 0.494 e. The van der Waals surface area contributed by atoms with Crippen LogP contribution in [0.3, 0.4) is 0 Å². The highest BCUT2D eigenvalue weighted by Gasteiger charge is 2.27. The summed E-state index contributed by atoms with van der Waals surface area (Å²) in [5.74, 6) is 1.25. The number of carbonyl (C=O) groups is 1. The Labute approximate surface area is 237 Å². The van der Waals surface area contributed by atoms with Gasteiger partial charge in [-0.1, -0.05) is 12.1 Å². The molecule has 41 heavy (non-hydrogen) atoms. The lowest BCUT2D eigenvalue weighted by molar-refractivity contribution is -0.384. The molecule has 1 amide bonds. The average Bonchev–Trinajstić information content (AvgIpc) is 3.00. The number of rotatable bonds is 8. The summed E-state index contributed by atoms with van der Waals surface area (Å²) in [6.07, 6.45) is 3.16. The summed E-state index contributed by atoms with van der Waals surface area (Å²) in [4.78, 5) is 45.9. The Balaban J connectivity index is 1.34. The van der Waals surface area contributed by atoms with E-state index in [4.69, 9.17) is 9.72 Å². The van der Waals surface area contributed by atoms with Gasteiger partial charge in [0.25, 0.3) is 11.2 Å². The Morgan fingerprint density at radius 1 is 1.02 bits per heavy atom. The maximum absolute atomic E-state index is 13.7. The van der Waals surface area contributed by atoms with Crippen molar-refractivity contribution in [1.29, 1.82) is 0 Å². The molecule has 1 fully saturated rings. The van der Waals surface area contributed by atoms with Crippen LogP contribution in [0.1, 0.15) is 31.3 Å². The van der Waals surface area contributed by atoms with E-state index in [-0.39, 0.29) is 23.2 Å². The molecule has 1 atom stereocenters. The zero-order valence-electron chi connectivity index (χ0n) is 23.0. The zero-order chi connectivity index (χ0) is 28.9. The van der Waals surface area contributed by atoms with Crippen LogP contribution >= 0.6 is 0 Å². The Hall–Kier alpha value is -4.83. The van der Waals surface area contributed by atoms with E-state index in [1.807, 2.05) is 56.3 Å². The molecule has 210 valence electrons. The van der Waals surface area contributed by atoms with Crippen molar-refractivity contribution in [3.05, 3.63) is 111 Å². The molecule has 5 rings (SSSR count). The maximum atomic E-state index is 13.7. The van der Waals surface area contributed by atoms with Gasteiger partial charge in [0.2, 0.25) is 5.91 Å². The first-order valence-corrected chi connectivity index (χ1v) is 13.6. The van der Waals surface area contributed by atoms with Crippen molar-refractivity contribution >= 4 is 28.6 Å². The summed E-state index contributed by atoms with van der Waals surface area (Å²) >= 11 is 0. The van der Waals surface area contributed by atoms with Gasteiger partial charge in [-0.15, -0.1) is 0 Å². The van der Waals surface area contributed by atoms with Gasteiger partial charge in [-0.05, 0) is 74.0 Å². The van der Waals surface area contributed by atoms with Crippen molar-refractivity contribution in [2.45, 2.75) is 19.9 Å². The number of para-hydroxylation sites is 1. The number of nitro benzene ring substituents is 1. The van der Waals surface area contributed by atoms with E-state index in [0.717, 1.165) is 5.75 Å². The topological polar surface area (TPSA) is 111 Å². The van der Waals surface area contributed by atoms with Gasteiger partial charge in [0.15, 0.2) is 0 Å². The van der Waals surface area contributed by atoms with E-state index in [2.05, 4.69) is 4.90 Å². The van der Waals surface area contributed by atoms with Crippen LogP contribution in [0.15, 0.2) is 83.7 Å². The molecule has 1 aliphatic rings. The van der Waals surface area contributed by atoms with E-state index >= 15 is 0 Å². The second-order valence-corrected chi connectivity index (χ2v) is 9.77. The molecule has 3 aromatic carbocycles. The fourth-order valence-electron chi connectivity index (χ4n) is 5.01. The second-order valence-electron chi connectivity index (χ2n) is 9.77. The van der Waals surface area contributed by atoms with Crippen molar-refractivity contribution in [3.8, 4) is 11.4 Å². The van der Waals surface area contributed by atoms with Gasteiger partial charge >= 0.3 is 0 Å². The first kappa shape index (κ1) is 27.7. The number of benzene rings is 3. The summed E-state index contributed by atoms with van der Waals surface area (Å²) in [5, 5.41) is 11.4. The van der Waals surface area contributed by atoms with E-state index in [9.17, 15) is 19.7 Å². The normalized spacial score (nSPS) is 14.8. The molecule has 0 spiro atoms. The van der Waals surface area contributed by atoms with Crippen LogP contribution in [0.5, 0.6) is 5.75 Å². The number of nitrogens with zero attached hydrogens (tertiary/aromatic N) is 5. The molecule has 1 unspecified atom stereocenters. The molecule has 0 N–H and O–H groups in total. The predicted octanol–water partition coefficient (Wildman–Crippen LogP) is 4.61. The highest BCUT2D eigenvalue weighted by atomic mass is 16.6. The Kier molecular flexibility index (Phi) is 8.21. The van der Waals surface area contributed by atoms with Gasteiger partial charge in [0, 0.05) is 44.4 Å². The van der Waals surface area contributed by atoms with E-state index in [1.165, 1.54) is 18.2 Å². The summed E-state index contributed by atoms with van der Waals surface area (Å²) < 4.78 is 7.26. The first-order valence-electron chi connectivity index (χ1n) is 13.6. The minimum absolute atomic E-state index is 0.00701. The fourth-order valence-corrected chi connectivity index (χ4v) is 5.01. The van der Waals surface area contributed by atoms with Crippen molar-refractivity contribution in [1.82, 2.24) is 19.4 Å². The Morgan fingerprint density at radius 3 is 2.37 bits per heavy atom. The number of hydrogen-bond donors (Lipinski definition) is 0. The molecule has 0 bridgehead atoms. The molecule has 10 heteroatoms. The molecule has 1 aromatic heterocycles. The highest BCUT2D eigenvalue weighted by molar-refractivity contribution is 5.91. The number of ether oxygens (including phenoxy) is 1. The third-order valence-electron chi connectivity index (χ3n) is 7.28. The number of amides is 1. The highest BCUT2D eigenvalue weighted by Crippen LogP contribution is 2.25. The van der Waals surface area contributed by atoms with Gasteiger partial charge < -0.3 is 9.64 Å². The third-order valence-corrected chi connectivity index (χ3v) is 7.28. The van der Waals surface area contributed by atoms with Crippen LogP contribution in [0.2, 0.25) is 0 Å². The van der Waals surface area contributed by atoms with Gasteiger partial charge in [0.05, 0.1) is 34.2 Å². The van der Waals surface area contributed by atoms with Crippen molar-refractivity contribution in [3.63, 3.8) is 0 Å². The molecular weight excluding hydrogens is 522 g/mol. The molecule has 2 heterocycles. The Bertz CT molecular complexity index is 1640. The van der Waals surface area contributed by atoms with E-state index in [0.29, 0.717) is 60.8 Å². The maximum Gasteiger partial charge on any atom is 0.269 e. The number of piperazine rings is 1. The molecule has 1 saturated heterocycles. The average molecular weight is 554 g/mol. The van der Waals surface area contributed by atoms with Crippen molar-refractivity contribution in [2.24, 2.45) is 0 Å². The van der Waals surface area contributed by atoms with Crippen LogP contribution in [0.4, 0.5) is 5.69 Å². The lowest BCUT2D eigenvalue weighted by Crippen LogP contribution is -2.49. The molecule has 1 aliphatic heterocycles. The van der Waals surface area contributed by atoms with E-state index < -0.39 is 4.92 Å². The van der Waals surface area contributed by atoms with Crippen LogP contribution in [-0.2, 0) is 4.79 Å². The lowest BCUT2D eigenvalue weighted by atomic mass is 10.1. The van der Waals surface area contributed by atoms with Crippen molar-refractivity contribution < 1.29 is 14.5 Å². The number of nitro groups is 1. The summed E-state index contributed by atoms with van der Waals surface area (Å²) in [7, 11) is 0. The molecular formula is C31H31N5O5. The number of hydrogen-bond acceptors (Lipinski definition) is 7. The Morgan fingerprint density at radius 2 is 1.71 bits per heavy atom. The number of fused-ring (bicyclic) bond motifs is 1. The van der Waals surface area contributed by atoms with Gasteiger partial charge in [-0.2, -0.15) is 0 Å². The lowest BCUT2D eigenvalue weighted by Gasteiger charge is -2.38. The summed E-state index contributed by atoms with van der Waals surface area (Å²) in [5.41, 5.74) is 1.95. The summed E-state index contributed by atoms with van der Waals surface area (Å²) in [6, 6.07) is 20.7. The first-order chi connectivity index (χ1) is 19.9. The van der Waals surface area contributed by atoms with Gasteiger partial charge in [0.1, 0.15) is 11.6 Å². The number of non-ortho nitro benzene ring substituents is 1. The molecule has 0 radical (unpaired) electrons. The monoisotopic (exact) mass is 553 g/mol. The minimum Gasteiger partial charge on any atom is -0.494 e. The zero-order valence-corrected chi connectivity index (χ0v) is 23.0. The third kappa shape index (κ3) is 6.02. The fraction of sp³-hybridized carbons (Fsp3) is 0.258. The SMILES string of the molecule is CCOc1ccc(-n2c(C(C)N3CCN(C(=O)/C=C/c4ccc([N+](=O)[O-])cc4)CC3)nc3ccccc3c2=O)cc1. The molecule has 0 aliphatic carbocycles. The quantitative estimate of drug-likeness (QED) is 0.178. The standard InChI is InChI=1S/C31H31N5O5/c1-3-41-26-15-13-24(14-16-26)35-30(32-28-7-5-4-6-27(28)31(35)38)22(2)33-18-20-34(21-19-33)29(37)17-10-23-8-11-25(12-9-23)36(39)40/h4-17,22H,3,18-21H2,1-2H3/b17-10+. The van der Waals surface area contributed by atoms with E-state index in [1.54, 1.807) is 33.7 Å². The molecule has 4 aromatic rings. The smallest absolute Gasteiger partial charge is 0.269 e. The van der Waals surface area contributed by atoms with Crippen molar-refractivity contribution in [2.75, 3.05) is 32.8 Å². The number of carbonyl (C=O) groups excluding carboxylic acids is 1. The van der Waals surface area contributed by atoms with Crippen LogP contribution in [-0.4, -0.2) is 63.0 Å². The summed E-state index contributed by atoms with van der Waals surface area (Å²) in [6.45, 7) is 6.79.